The van der Waals surface area contributed by atoms with Gasteiger partial charge in [-0.15, -0.1) is 0 Å². The van der Waals surface area contributed by atoms with Crippen LogP contribution in [0.4, 0.5) is 0 Å². The molecule has 0 amide bonds. The third kappa shape index (κ3) is 2.34. The Morgan fingerprint density at radius 3 is 2.53 bits per heavy atom. The summed E-state index contributed by atoms with van der Waals surface area (Å²) in [6.45, 7) is 0. The molecule has 4 heteroatoms. The van der Waals surface area contributed by atoms with E-state index >= 15 is 0 Å². The standard InChI is InChI=1S/C15H8BrIO2/c16-10-6-7-12-11(8-10)14(18)13(17)15(19-12)9-4-2-1-3-5-9/h1-8H. The Morgan fingerprint density at radius 1 is 1.05 bits per heavy atom. The van der Waals surface area contributed by atoms with Gasteiger partial charge in [-0.3, -0.25) is 4.79 Å². The van der Waals surface area contributed by atoms with Gasteiger partial charge in [0.05, 0.1) is 5.39 Å². The van der Waals surface area contributed by atoms with Crippen molar-refractivity contribution < 1.29 is 4.42 Å². The number of hydrogen-bond acceptors (Lipinski definition) is 2. The maximum absolute atomic E-state index is 12.4. The van der Waals surface area contributed by atoms with Gasteiger partial charge in [0.25, 0.3) is 0 Å². The molecule has 0 fully saturated rings. The maximum atomic E-state index is 12.4. The lowest BCUT2D eigenvalue weighted by Crippen LogP contribution is -2.07. The van der Waals surface area contributed by atoms with Gasteiger partial charge in [-0.1, -0.05) is 46.3 Å². The van der Waals surface area contributed by atoms with Crippen LogP contribution >= 0.6 is 38.5 Å². The molecular weight excluding hydrogens is 419 g/mol. The molecule has 3 aromatic rings. The van der Waals surface area contributed by atoms with Crippen LogP contribution in [0.3, 0.4) is 0 Å². The van der Waals surface area contributed by atoms with Crippen LogP contribution < -0.4 is 5.43 Å². The third-order valence-corrected chi connectivity index (χ3v) is 4.31. The van der Waals surface area contributed by atoms with Gasteiger partial charge < -0.3 is 4.42 Å². The highest BCUT2D eigenvalue weighted by Crippen LogP contribution is 2.27. The van der Waals surface area contributed by atoms with E-state index < -0.39 is 0 Å². The average Bonchev–Trinajstić information content (AvgIpc) is 2.44. The molecule has 94 valence electrons. The summed E-state index contributed by atoms with van der Waals surface area (Å²) in [6, 6.07) is 15.1. The van der Waals surface area contributed by atoms with E-state index in [1.807, 2.05) is 65.1 Å². The topological polar surface area (TPSA) is 30.2 Å². The largest absolute Gasteiger partial charge is 0.455 e. The fraction of sp³-hybridized carbons (Fsp3) is 0. The molecule has 2 aromatic carbocycles. The molecule has 1 aromatic heterocycles. The van der Waals surface area contributed by atoms with Crippen LogP contribution in [0.1, 0.15) is 0 Å². The van der Waals surface area contributed by atoms with Crippen molar-refractivity contribution in [3.63, 3.8) is 0 Å². The summed E-state index contributed by atoms with van der Waals surface area (Å²) in [4.78, 5) is 12.4. The predicted octanol–water partition coefficient (Wildman–Crippen LogP) is 4.83. The van der Waals surface area contributed by atoms with Gasteiger partial charge in [0.15, 0.2) is 5.76 Å². The highest BCUT2D eigenvalue weighted by molar-refractivity contribution is 14.1. The number of fused-ring (bicyclic) bond motifs is 1. The van der Waals surface area contributed by atoms with E-state index in [9.17, 15) is 4.79 Å². The zero-order valence-corrected chi connectivity index (χ0v) is 13.4. The monoisotopic (exact) mass is 426 g/mol. The second-order valence-corrected chi connectivity index (χ2v) is 6.08. The normalized spacial score (nSPS) is 10.8. The van der Waals surface area contributed by atoms with Gasteiger partial charge in [0, 0.05) is 10.0 Å². The molecule has 0 radical (unpaired) electrons. The lowest BCUT2D eigenvalue weighted by atomic mass is 10.1. The molecule has 0 aliphatic rings. The number of benzene rings is 2. The first-order valence-corrected chi connectivity index (χ1v) is 7.51. The van der Waals surface area contributed by atoms with Gasteiger partial charge >= 0.3 is 0 Å². The van der Waals surface area contributed by atoms with Crippen LogP contribution in [-0.4, -0.2) is 0 Å². The smallest absolute Gasteiger partial charge is 0.206 e. The molecule has 19 heavy (non-hydrogen) atoms. The second-order valence-electron chi connectivity index (χ2n) is 4.08. The second kappa shape index (κ2) is 5.09. The summed E-state index contributed by atoms with van der Waals surface area (Å²) in [7, 11) is 0. The van der Waals surface area contributed by atoms with E-state index in [2.05, 4.69) is 15.9 Å². The van der Waals surface area contributed by atoms with E-state index in [-0.39, 0.29) is 5.43 Å². The minimum atomic E-state index is 0.00185. The average molecular weight is 427 g/mol. The van der Waals surface area contributed by atoms with Crippen LogP contribution in [0.15, 0.2) is 62.2 Å². The minimum absolute atomic E-state index is 0.00185. The molecule has 0 aliphatic carbocycles. The van der Waals surface area contributed by atoms with Crippen molar-refractivity contribution >= 4 is 49.5 Å². The third-order valence-electron chi connectivity index (χ3n) is 2.83. The molecule has 0 spiro atoms. The van der Waals surface area contributed by atoms with E-state index in [0.717, 1.165) is 10.0 Å². The maximum Gasteiger partial charge on any atom is 0.206 e. The van der Waals surface area contributed by atoms with Crippen LogP contribution in [0.2, 0.25) is 0 Å². The summed E-state index contributed by atoms with van der Waals surface area (Å²) >= 11 is 5.42. The van der Waals surface area contributed by atoms with Gasteiger partial charge in [-0.25, -0.2) is 0 Å². The van der Waals surface area contributed by atoms with Crippen LogP contribution in [0.25, 0.3) is 22.3 Å². The summed E-state index contributed by atoms with van der Waals surface area (Å²) in [5, 5.41) is 0.596. The first kappa shape index (κ1) is 12.9. The summed E-state index contributed by atoms with van der Waals surface area (Å²) < 4.78 is 7.36. The quantitative estimate of drug-likeness (QED) is 0.522. The lowest BCUT2D eigenvalue weighted by Gasteiger charge is -2.06. The van der Waals surface area contributed by atoms with Gasteiger partial charge in [0.2, 0.25) is 5.43 Å². The van der Waals surface area contributed by atoms with Crippen molar-refractivity contribution in [3.8, 4) is 11.3 Å². The van der Waals surface area contributed by atoms with E-state index in [1.165, 1.54) is 0 Å². The molecule has 0 saturated carbocycles. The number of hydrogen-bond donors (Lipinski definition) is 0. The minimum Gasteiger partial charge on any atom is -0.455 e. The first-order valence-electron chi connectivity index (χ1n) is 5.64. The van der Waals surface area contributed by atoms with E-state index in [1.54, 1.807) is 6.07 Å². The molecule has 0 saturated heterocycles. The van der Waals surface area contributed by atoms with Crippen molar-refractivity contribution in [1.82, 2.24) is 0 Å². The highest BCUT2D eigenvalue weighted by atomic mass is 127. The zero-order valence-electron chi connectivity index (χ0n) is 9.69. The first-order chi connectivity index (χ1) is 9.16. The molecule has 1 heterocycles. The van der Waals surface area contributed by atoms with Crippen molar-refractivity contribution in [2.45, 2.75) is 0 Å². The van der Waals surface area contributed by atoms with Crippen LogP contribution in [0, 0.1) is 3.57 Å². The molecular formula is C15H8BrIO2. The van der Waals surface area contributed by atoms with Crippen molar-refractivity contribution in [3.05, 3.63) is 66.8 Å². The SMILES string of the molecule is O=c1c(I)c(-c2ccccc2)oc2ccc(Br)cc12. The van der Waals surface area contributed by atoms with Gasteiger partial charge in [-0.05, 0) is 40.8 Å². The summed E-state index contributed by atoms with van der Waals surface area (Å²) in [5.41, 5.74) is 1.52. The Morgan fingerprint density at radius 2 is 1.79 bits per heavy atom. The fourth-order valence-electron chi connectivity index (χ4n) is 1.92. The van der Waals surface area contributed by atoms with Crippen molar-refractivity contribution in [2.75, 3.05) is 0 Å². The highest BCUT2D eigenvalue weighted by Gasteiger charge is 2.13. The summed E-state index contributed by atoms with van der Waals surface area (Å²) in [6.07, 6.45) is 0. The van der Waals surface area contributed by atoms with Crippen molar-refractivity contribution in [2.24, 2.45) is 0 Å². The zero-order chi connectivity index (χ0) is 13.4. The molecule has 0 unspecified atom stereocenters. The van der Waals surface area contributed by atoms with E-state index in [4.69, 9.17) is 4.42 Å². The number of halogens is 2. The Balaban J connectivity index is 2.37. The number of rotatable bonds is 1. The Bertz CT molecular complexity index is 809. The Hall–Kier alpha value is -1.14. The molecule has 0 bridgehead atoms. The summed E-state index contributed by atoms with van der Waals surface area (Å²) in [5.74, 6) is 0.626. The van der Waals surface area contributed by atoms with Crippen molar-refractivity contribution in [1.29, 1.82) is 0 Å². The van der Waals surface area contributed by atoms with Gasteiger partial charge in [-0.2, -0.15) is 0 Å². The lowest BCUT2D eigenvalue weighted by molar-refractivity contribution is 0.615. The predicted molar refractivity (Wildman–Crippen MR) is 88.3 cm³/mol. The van der Waals surface area contributed by atoms with E-state index in [0.29, 0.717) is 20.3 Å². The molecule has 0 atom stereocenters. The van der Waals surface area contributed by atoms with Crippen LogP contribution in [-0.2, 0) is 0 Å². The van der Waals surface area contributed by atoms with Gasteiger partial charge in [0.1, 0.15) is 9.15 Å². The van der Waals surface area contributed by atoms with Crippen LogP contribution in [0.5, 0.6) is 0 Å². The molecule has 3 rings (SSSR count). The molecule has 0 aliphatic heterocycles. The molecule has 0 N–H and O–H groups in total. The fourth-order valence-corrected chi connectivity index (χ4v) is 2.99. The Kier molecular flexibility index (Phi) is 3.45. The molecule has 2 nitrogen and oxygen atoms in total. The Labute approximate surface area is 131 Å².